The standard InChI is InChI=1S/C15H18N2O2S/c16-13-7-10-20-14(13)15(18)17-8-4-9-19-11-12-5-2-1-3-6-12/h1-3,5-7,10H,4,8-9,11,16H2,(H,17,18). The van der Waals surface area contributed by atoms with E-state index in [4.69, 9.17) is 10.5 Å². The smallest absolute Gasteiger partial charge is 0.263 e. The molecule has 1 aromatic heterocycles. The second-order valence-electron chi connectivity index (χ2n) is 4.35. The Labute approximate surface area is 122 Å². The summed E-state index contributed by atoms with van der Waals surface area (Å²) in [7, 11) is 0. The number of benzene rings is 1. The largest absolute Gasteiger partial charge is 0.397 e. The van der Waals surface area contributed by atoms with E-state index in [0.29, 0.717) is 30.3 Å². The average molecular weight is 290 g/mol. The first-order valence-corrected chi connectivity index (χ1v) is 7.38. The Kier molecular flexibility index (Phi) is 5.58. The lowest BCUT2D eigenvalue weighted by molar-refractivity contribution is 0.0939. The molecule has 20 heavy (non-hydrogen) atoms. The van der Waals surface area contributed by atoms with Crippen molar-refractivity contribution in [3.63, 3.8) is 0 Å². The third-order valence-corrected chi connectivity index (χ3v) is 3.69. The molecular formula is C15H18N2O2S. The lowest BCUT2D eigenvalue weighted by Crippen LogP contribution is -2.25. The van der Waals surface area contributed by atoms with E-state index in [1.54, 1.807) is 6.07 Å². The zero-order chi connectivity index (χ0) is 14.2. The third-order valence-electron chi connectivity index (χ3n) is 2.76. The molecular weight excluding hydrogens is 272 g/mol. The van der Waals surface area contributed by atoms with E-state index in [2.05, 4.69) is 5.32 Å². The fourth-order valence-corrected chi connectivity index (χ4v) is 2.46. The summed E-state index contributed by atoms with van der Waals surface area (Å²) in [6.07, 6.45) is 0.782. The van der Waals surface area contributed by atoms with Gasteiger partial charge in [-0.2, -0.15) is 0 Å². The van der Waals surface area contributed by atoms with Gasteiger partial charge >= 0.3 is 0 Å². The van der Waals surface area contributed by atoms with Gasteiger partial charge in [0.15, 0.2) is 0 Å². The van der Waals surface area contributed by atoms with Crippen LogP contribution in [0.15, 0.2) is 41.8 Å². The number of anilines is 1. The molecule has 0 saturated carbocycles. The maximum atomic E-state index is 11.8. The fraction of sp³-hybridized carbons (Fsp3) is 0.267. The quantitative estimate of drug-likeness (QED) is 0.771. The van der Waals surface area contributed by atoms with E-state index in [1.165, 1.54) is 11.3 Å². The highest BCUT2D eigenvalue weighted by atomic mass is 32.1. The molecule has 0 fully saturated rings. The number of hydrogen-bond acceptors (Lipinski definition) is 4. The van der Waals surface area contributed by atoms with Gasteiger partial charge in [0.1, 0.15) is 4.88 Å². The molecule has 2 aromatic rings. The topological polar surface area (TPSA) is 64.4 Å². The summed E-state index contributed by atoms with van der Waals surface area (Å²) in [5.41, 5.74) is 7.37. The van der Waals surface area contributed by atoms with Crippen LogP contribution in [0.4, 0.5) is 5.69 Å². The van der Waals surface area contributed by atoms with Crippen molar-refractivity contribution in [2.45, 2.75) is 13.0 Å². The summed E-state index contributed by atoms with van der Waals surface area (Å²) < 4.78 is 5.54. The van der Waals surface area contributed by atoms with E-state index in [9.17, 15) is 4.79 Å². The Balaban J connectivity index is 1.58. The Hall–Kier alpha value is -1.85. The number of amides is 1. The van der Waals surface area contributed by atoms with Gasteiger partial charge in [-0.3, -0.25) is 4.79 Å². The summed E-state index contributed by atoms with van der Waals surface area (Å²) in [4.78, 5) is 12.3. The van der Waals surface area contributed by atoms with Crippen LogP contribution in [-0.2, 0) is 11.3 Å². The second-order valence-corrected chi connectivity index (χ2v) is 5.27. The van der Waals surface area contributed by atoms with Crippen LogP contribution >= 0.6 is 11.3 Å². The van der Waals surface area contributed by atoms with Gasteiger partial charge in [0, 0.05) is 13.2 Å². The van der Waals surface area contributed by atoms with Crippen LogP contribution in [-0.4, -0.2) is 19.1 Å². The Morgan fingerprint density at radius 1 is 1.25 bits per heavy atom. The number of nitrogens with one attached hydrogen (secondary N) is 1. The Morgan fingerprint density at radius 3 is 2.75 bits per heavy atom. The molecule has 0 aliphatic rings. The van der Waals surface area contributed by atoms with E-state index < -0.39 is 0 Å². The van der Waals surface area contributed by atoms with Crippen molar-refractivity contribution in [2.24, 2.45) is 0 Å². The molecule has 4 nitrogen and oxygen atoms in total. The maximum Gasteiger partial charge on any atom is 0.263 e. The molecule has 5 heteroatoms. The van der Waals surface area contributed by atoms with E-state index in [-0.39, 0.29) is 5.91 Å². The number of ether oxygens (including phenoxy) is 1. The van der Waals surface area contributed by atoms with Crippen molar-refractivity contribution in [2.75, 3.05) is 18.9 Å². The van der Waals surface area contributed by atoms with Crippen molar-refractivity contribution in [1.29, 1.82) is 0 Å². The minimum atomic E-state index is -0.111. The van der Waals surface area contributed by atoms with Crippen LogP contribution in [0.3, 0.4) is 0 Å². The van der Waals surface area contributed by atoms with Crippen molar-refractivity contribution in [3.8, 4) is 0 Å². The van der Waals surface area contributed by atoms with Gasteiger partial charge in [-0.15, -0.1) is 11.3 Å². The third kappa shape index (κ3) is 4.36. The fourth-order valence-electron chi connectivity index (χ4n) is 1.72. The average Bonchev–Trinajstić information content (AvgIpc) is 2.90. The van der Waals surface area contributed by atoms with Gasteiger partial charge in [-0.25, -0.2) is 0 Å². The molecule has 0 atom stereocenters. The molecule has 0 radical (unpaired) electrons. The number of carbonyl (C=O) groups excluding carboxylic acids is 1. The number of nitrogens with two attached hydrogens (primary N) is 1. The molecule has 0 aliphatic carbocycles. The van der Waals surface area contributed by atoms with E-state index in [1.807, 2.05) is 35.7 Å². The summed E-state index contributed by atoms with van der Waals surface area (Å²) in [6, 6.07) is 11.8. The first-order valence-electron chi connectivity index (χ1n) is 6.50. The van der Waals surface area contributed by atoms with Crippen LogP contribution in [0, 0.1) is 0 Å². The van der Waals surface area contributed by atoms with Crippen LogP contribution in [0.5, 0.6) is 0 Å². The van der Waals surface area contributed by atoms with Crippen molar-refractivity contribution in [3.05, 3.63) is 52.2 Å². The molecule has 2 rings (SSSR count). The number of carbonyl (C=O) groups is 1. The minimum Gasteiger partial charge on any atom is -0.397 e. The lowest BCUT2D eigenvalue weighted by atomic mass is 10.2. The van der Waals surface area contributed by atoms with Gasteiger partial charge < -0.3 is 15.8 Å². The lowest BCUT2D eigenvalue weighted by Gasteiger charge is -2.06. The second kappa shape index (κ2) is 7.67. The van der Waals surface area contributed by atoms with Gasteiger partial charge in [0.2, 0.25) is 0 Å². The van der Waals surface area contributed by atoms with Crippen LogP contribution in [0.1, 0.15) is 21.7 Å². The van der Waals surface area contributed by atoms with Gasteiger partial charge in [-0.1, -0.05) is 30.3 Å². The normalized spacial score (nSPS) is 10.4. The number of hydrogen-bond donors (Lipinski definition) is 2. The van der Waals surface area contributed by atoms with Gasteiger partial charge in [0.25, 0.3) is 5.91 Å². The predicted octanol–water partition coefficient (Wildman–Crippen LogP) is 2.67. The highest BCUT2D eigenvalue weighted by Gasteiger charge is 2.09. The van der Waals surface area contributed by atoms with Crippen LogP contribution < -0.4 is 11.1 Å². The van der Waals surface area contributed by atoms with Gasteiger partial charge in [0.05, 0.1) is 12.3 Å². The molecule has 1 amide bonds. The molecule has 0 bridgehead atoms. The van der Waals surface area contributed by atoms with Crippen molar-refractivity contribution < 1.29 is 9.53 Å². The zero-order valence-corrected chi connectivity index (χ0v) is 12.0. The monoisotopic (exact) mass is 290 g/mol. The summed E-state index contributed by atoms with van der Waals surface area (Å²) in [6.45, 7) is 1.81. The number of nitrogen functional groups attached to an aromatic ring is 1. The van der Waals surface area contributed by atoms with E-state index in [0.717, 1.165) is 12.0 Å². The molecule has 106 valence electrons. The number of thiophene rings is 1. The summed E-state index contributed by atoms with van der Waals surface area (Å²) in [5.74, 6) is -0.111. The van der Waals surface area contributed by atoms with Crippen molar-refractivity contribution in [1.82, 2.24) is 5.32 Å². The molecule has 3 N–H and O–H groups in total. The molecule has 0 unspecified atom stereocenters. The first-order chi connectivity index (χ1) is 9.77. The van der Waals surface area contributed by atoms with Crippen LogP contribution in [0.25, 0.3) is 0 Å². The summed E-state index contributed by atoms with van der Waals surface area (Å²) in [5, 5.41) is 4.65. The maximum absolute atomic E-state index is 11.8. The molecule has 0 aliphatic heterocycles. The van der Waals surface area contributed by atoms with E-state index >= 15 is 0 Å². The first kappa shape index (κ1) is 14.6. The SMILES string of the molecule is Nc1ccsc1C(=O)NCCCOCc1ccccc1. The van der Waals surface area contributed by atoms with Crippen molar-refractivity contribution >= 4 is 22.9 Å². The van der Waals surface area contributed by atoms with Crippen LogP contribution in [0.2, 0.25) is 0 Å². The Bertz CT molecular complexity index is 540. The molecule has 1 aromatic carbocycles. The van der Waals surface area contributed by atoms with Gasteiger partial charge in [-0.05, 0) is 23.4 Å². The Morgan fingerprint density at radius 2 is 2.05 bits per heavy atom. The molecule has 1 heterocycles. The number of rotatable bonds is 7. The highest BCUT2D eigenvalue weighted by Crippen LogP contribution is 2.18. The highest BCUT2D eigenvalue weighted by molar-refractivity contribution is 7.12. The predicted molar refractivity (Wildman–Crippen MR) is 81.8 cm³/mol. The minimum absolute atomic E-state index is 0.111. The zero-order valence-electron chi connectivity index (χ0n) is 11.2. The molecule has 0 spiro atoms. The summed E-state index contributed by atoms with van der Waals surface area (Å²) >= 11 is 1.35. The molecule has 0 saturated heterocycles.